The number of thioether (sulfide) groups is 1. The third-order valence-electron chi connectivity index (χ3n) is 5.13. The van der Waals surface area contributed by atoms with Crippen LogP contribution in [0.3, 0.4) is 0 Å². The standard InChI is InChI=1S/C19H34N4O4S/c1-19(2,3)12-23(18(26)27)10-9-22(4)15(24)8-6-5-7-14-16-13(11-28-14)20-17(25)21-16/h13-14,16H,5-12H2,1-4H3,(H,26,27)(H2,20,21,25)/t13-,14-,16-/m0/s1. The van der Waals surface area contributed by atoms with E-state index in [0.717, 1.165) is 25.0 Å². The molecule has 3 atom stereocenters. The fraction of sp³-hybridized carbons (Fsp3) is 0.842. The van der Waals surface area contributed by atoms with Crippen LogP contribution >= 0.6 is 11.8 Å². The Balaban J connectivity index is 1.64. The van der Waals surface area contributed by atoms with E-state index in [1.807, 2.05) is 32.5 Å². The topological polar surface area (TPSA) is 102 Å². The summed E-state index contributed by atoms with van der Waals surface area (Å²) in [5, 5.41) is 15.7. The van der Waals surface area contributed by atoms with Crippen LogP contribution in [-0.2, 0) is 4.79 Å². The lowest BCUT2D eigenvalue weighted by Gasteiger charge is -2.29. The Labute approximate surface area is 171 Å². The Morgan fingerprint density at radius 2 is 1.93 bits per heavy atom. The van der Waals surface area contributed by atoms with E-state index < -0.39 is 6.09 Å². The van der Waals surface area contributed by atoms with Gasteiger partial charge in [0.1, 0.15) is 0 Å². The summed E-state index contributed by atoms with van der Waals surface area (Å²) in [5.41, 5.74) is -0.119. The van der Waals surface area contributed by atoms with Gasteiger partial charge in [0.05, 0.1) is 12.1 Å². The molecule has 0 bridgehead atoms. The van der Waals surface area contributed by atoms with E-state index >= 15 is 0 Å². The number of carbonyl (C=O) groups excluding carboxylic acids is 2. The molecule has 4 amide bonds. The summed E-state index contributed by atoms with van der Waals surface area (Å²) in [7, 11) is 1.73. The van der Waals surface area contributed by atoms with Gasteiger partial charge in [0.2, 0.25) is 5.91 Å². The fourth-order valence-electron chi connectivity index (χ4n) is 3.67. The van der Waals surface area contributed by atoms with Crippen LogP contribution < -0.4 is 10.6 Å². The maximum absolute atomic E-state index is 12.3. The molecule has 0 aromatic heterocycles. The molecule has 2 rings (SSSR count). The number of hydrogen-bond donors (Lipinski definition) is 3. The highest BCUT2D eigenvalue weighted by Crippen LogP contribution is 2.33. The number of fused-ring (bicyclic) bond motifs is 1. The molecule has 160 valence electrons. The summed E-state index contributed by atoms with van der Waals surface area (Å²) in [5.74, 6) is 0.999. The molecule has 9 heteroatoms. The fourth-order valence-corrected chi connectivity index (χ4v) is 5.21. The first-order valence-corrected chi connectivity index (χ1v) is 11.0. The number of urea groups is 1. The first-order chi connectivity index (χ1) is 13.1. The van der Waals surface area contributed by atoms with Crippen LogP contribution in [-0.4, -0.2) is 82.7 Å². The highest BCUT2D eigenvalue weighted by Gasteiger charge is 2.42. The summed E-state index contributed by atoms with van der Waals surface area (Å²) in [6.07, 6.45) is 2.27. The summed E-state index contributed by atoms with van der Waals surface area (Å²) in [4.78, 5) is 38.1. The number of unbranched alkanes of at least 4 members (excludes halogenated alkanes) is 1. The molecule has 3 N–H and O–H groups in total. The van der Waals surface area contributed by atoms with E-state index in [9.17, 15) is 19.5 Å². The third kappa shape index (κ3) is 6.76. The van der Waals surface area contributed by atoms with Gasteiger partial charge in [0.15, 0.2) is 0 Å². The molecule has 2 saturated heterocycles. The Kier molecular flexibility index (Phi) is 7.86. The van der Waals surface area contributed by atoms with E-state index in [0.29, 0.717) is 31.3 Å². The zero-order valence-electron chi connectivity index (χ0n) is 17.4. The van der Waals surface area contributed by atoms with Crippen molar-refractivity contribution in [2.75, 3.05) is 32.4 Å². The monoisotopic (exact) mass is 414 g/mol. The van der Waals surface area contributed by atoms with E-state index in [2.05, 4.69) is 10.6 Å². The van der Waals surface area contributed by atoms with Crippen LogP contribution in [0.5, 0.6) is 0 Å². The van der Waals surface area contributed by atoms with Gasteiger partial charge >= 0.3 is 12.1 Å². The van der Waals surface area contributed by atoms with Crippen molar-refractivity contribution in [1.82, 2.24) is 20.4 Å². The summed E-state index contributed by atoms with van der Waals surface area (Å²) in [6, 6.07) is 0.375. The predicted molar refractivity (Wildman–Crippen MR) is 111 cm³/mol. The first kappa shape index (κ1) is 22.6. The van der Waals surface area contributed by atoms with Crippen molar-refractivity contribution in [3.8, 4) is 0 Å². The van der Waals surface area contributed by atoms with Crippen LogP contribution in [0.4, 0.5) is 9.59 Å². The highest BCUT2D eigenvalue weighted by molar-refractivity contribution is 8.00. The molecular formula is C19H34N4O4S. The van der Waals surface area contributed by atoms with Gasteiger partial charge in [-0.3, -0.25) is 4.79 Å². The highest BCUT2D eigenvalue weighted by atomic mass is 32.2. The number of nitrogens with one attached hydrogen (secondary N) is 2. The van der Waals surface area contributed by atoms with E-state index in [4.69, 9.17) is 0 Å². The Morgan fingerprint density at radius 1 is 1.21 bits per heavy atom. The maximum Gasteiger partial charge on any atom is 0.407 e. The van der Waals surface area contributed by atoms with Crippen LogP contribution in [0.2, 0.25) is 0 Å². The molecule has 0 saturated carbocycles. The largest absolute Gasteiger partial charge is 0.465 e. The SMILES string of the molecule is CN(CCN(CC(C)(C)C)C(=O)O)C(=O)CCCC[C@@H]1SC[C@@H]2NC(=O)N[C@@H]21. The number of rotatable bonds is 9. The molecule has 0 spiro atoms. The Bertz CT molecular complexity index is 581. The molecule has 0 aliphatic carbocycles. The summed E-state index contributed by atoms with van der Waals surface area (Å²) in [6.45, 7) is 7.16. The Morgan fingerprint density at radius 3 is 2.57 bits per heavy atom. The van der Waals surface area contributed by atoms with E-state index in [1.54, 1.807) is 11.9 Å². The molecule has 8 nitrogen and oxygen atoms in total. The minimum Gasteiger partial charge on any atom is -0.465 e. The average molecular weight is 415 g/mol. The van der Waals surface area contributed by atoms with Crippen molar-refractivity contribution in [2.24, 2.45) is 5.41 Å². The van der Waals surface area contributed by atoms with E-state index in [1.165, 1.54) is 4.90 Å². The zero-order chi connectivity index (χ0) is 20.9. The lowest BCUT2D eigenvalue weighted by molar-refractivity contribution is -0.130. The number of carboxylic acid groups (broad SMARTS) is 1. The van der Waals surface area contributed by atoms with Gasteiger partial charge in [-0.15, -0.1) is 0 Å². The number of likely N-dealkylation sites (N-methyl/N-ethyl adjacent to an activating group) is 1. The van der Waals surface area contributed by atoms with Gasteiger partial charge in [-0.2, -0.15) is 11.8 Å². The second-order valence-electron chi connectivity index (χ2n) is 8.95. The molecule has 0 aromatic rings. The van der Waals surface area contributed by atoms with Gasteiger partial charge in [0.25, 0.3) is 0 Å². The molecule has 0 aromatic carbocycles. The molecule has 0 radical (unpaired) electrons. The minimum atomic E-state index is -0.948. The van der Waals surface area contributed by atoms with Crippen molar-refractivity contribution < 1.29 is 19.5 Å². The van der Waals surface area contributed by atoms with Crippen molar-refractivity contribution in [3.05, 3.63) is 0 Å². The van der Waals surface area contributed by atoms with Gasteiger partial charge < -0.3 is 25.5 Å². The second kappa shape index (κ2) is 9.71. The van der Waals surface area contributed by atoms with Crippen molar-refractivity contribution in [2.45, 2.75) is 63.8 Å². The maximum atomic E-state index is 12.3. The van der Waals surface area contributed by atoms with Crippen LogP contribution in [0.1, 0.15) is 46.5 Å². The smallest absolute Gasteiger partial charge is 0.407 e. The molecule has 2 aliphatic heterocycles. The predicted octanol–water partition coefficient (Wildman–Crippen LogP) is 2.20. The molecular weight excluding hydrogens is 380 g/mol. The van der Waals surface area contributed by atoms with Gasteiger partial charge in [-0.1, -0.05) is 27.2 Å². The second-order valence-corrected chi connectivity index (χ2v) is 10.2. The van der Waals surface area contributed by atoms with E-state index in [-0.39, 0.29) is 29.4 Å². The lowest BCUT2D eigenvalue weighted by Crippen LogP contribution is -2.42. The number of carbonyl (C=O) groups is 3. The van der Waals surface area contributed by atoms with Crippen molar-refractivity contribution in [3.63, 3.8) is 0 Å². The van der Waals surface area contributed by atoms with Gasteiger partial charge in [0, 0.05) is 44.1 Å². The minimum absolute atomic E-state index is 0.0499. The first-order valence-electron chi connectivity index (χ1n) is 9.97. The molecule has 2 fully saturated rings. The summed E-state index contributed by atoms with van der Waals surface area (Å²) >= 11 is 1.89. The van der Waals surface area contributed by atoms with Crippen LogP contribution in [0.15, 0.2) is 0 Å². The molecule has 0 unspecified atom stereocenters. The molecule has 2 aliphatic rings. The molecule has 2 heterocycles. The number of amides is 4. The normalized spacial score (nSPS) is 23.7. The van der Waals surface area contributed by atoms with Gasteiger partial charge in [-0.05, 0) is 18.3 Å². The van der Waals surface area contributed by atoms with Crippen LogP contribution in [0.25, 0.3) is 0 Å². The third-order valence-corrected chi connectivity index (χ3v) is 6.64. The average Bonchev–Trinajstić information content (AvgIpc) is 3.13. The van der Waals surface area contributed by atoms with Crippen molar-refractivity contribution in [1.29, 1.82) is 0 Å². The Hall–Kier alpha value is -1.64. The van der Waals surface area contributed by atoms with Crippen LogP contribution in [0, 0.1) is 5.41 Å². The number of hydrogen-bond acceptors (Lipinski definition) is 4. The van der Waals surface area contributed by atoms with Crippen molar-refractivity contribution >= 4 is 29.8 Å². The molecule has 28 heavy (non-hydrogen) atoms. The zero-order valence-corrected chi connectivity index (χ0v) is 18.2. The van der Waals surface area contributed by atoms with Gasteiger partial charge in [-0.25, -0.2) is 9.59 Å². The summed E-state index contributed by atoms with van der Waals surface area (Å²) < 4.78 is 0. The lowest BCUT2D eigenvalue weighted by atomic mass is 9.96. The quantitative estimate of drug-likeness (QED) is 0.397. The number of nitrogens with zero attached hydrogens (tertiary/aromatic N) is 2.